The number of hydrazone groups is 1. The molecule has 132 valence electrons. The molecular formula is C19H12Cl2F2N2S. The second kappa shape index (κ2) is 6.99. The van der Waals surface area contributed by atoms with Crippen LogP contribution in [0.3, 0.4) is 0 Å². The molecule has 1 aromatic heterocycles. The lowest BCUT2D eigenvalue weighted by atomic mass is 9.93. The van der Waals surface area contributed by atoms with Gasteiger partial charge in [0, 0.05) is 16.1 Å². The van der Waals surface area contributed by atoms with Crippen LogP contribution in [-0.4, -0.2) is 12.3 Å². The summed E-state index contributed by atoms with van der Waals surface area (Å²) in [7, 11) is 0. The van der Waals surface area contributed by atoms with E-state index in [4.69, 9.17) is 23.2 Å². The van der Waals surface area contributed by atoms with E-state index in [0.29, 0.717) is 16.6 Å². The summed E-state index contributed by atoms with van der Waals surface area (Å²) in [5.74, 6) is -1.42. The Morgan fingerprint density at radius 3 is 2.62 bits per heavy atom. The van der Waals surface area contributed by atoms with Gasteiger partial charge in [0.1, 0.15) is 5.82 Å². The third kappa shape index (κ3) is 3.22. The molecule has 4 rings (SSSR count). The summed E-state index contributed by atoms with van der Waals surface area (Å²) in [5, 5.41) is 9.22. The van der Waals surface area contributed by atoms with Crippen molar-refractivity contribution in [2.45, 2.75) is 5.92 Å². The van der Waals surface area contributed by atoms with Gasteiger partial charge in [-0.3, -0.25) is 5.01 Å². The van der Waals surface area contributed by atoms with Gasteiger partial charge in [-0.25, -0.2) is 8.78 Å². The molecular weight excluding hydrogens is 397 g/mol. The average Bonchev–Trinajstić information content (AvgIpc) is 3.24. The van der Waals surface area contributed by atoms with Crippen LogP contribution in [0.1, 0.15) is 16.4 Å². The molecule has 2 nitrogen and oxygen atoms in total. The molecule has 0 saturated heterocycles. The lowest BCUT2D eigenvalue weighted by molar-refractivity contribution is 0.580. The molecule has 2 heterocycles. The van der Waals surface area contributed by atoms with Crippen molar-refractivity contribution in [3.05, 3.63) is 86.0 Å². The van der Waals surface area contributed by atoms with Crippen molar-refractivity contribution < 1.29 is 8.78 Å². The first-order valence-electron chi connectivity index (χ1n) is 7.83. The van der Waals surface area contributed by atoms with Crippen molar-refractivity contribution in [2.75, 3.05) is 11.6 Å². The Kier molecular flexibility index (Phi) is 4.69. The Hall–Kier alpha value is -1.95. The van der Waals surface area contributed by atoms with E-state index in [-0.39, 0.29) is 11.6 Å². The maximum absolute atomic E-state index is 14.2. The minimum absolute atomic E-state index is 0.150. The van der Waals surface area contributed by atoms with Gasteiger partial charge in [-0.1, -0.05) is 35.3 Å². The smallest absolute Gasteiger partial charge is 0.151 e. The number of nitrogens with zero attached hydrogens (tertiary/aromatic N) is 2. The molecule has 0 aliphatic carbocycles. The average molecular weight is 409 g/mol. The second-order valence-corrected chi connectivity index (χ2v) is 7.65. The van der Waals surface area contributed by atoms with E-state index in [9.17, 15) is 8.78 Å². The molecule has 7 heteroatoms. The van der Waals surface area contributed by atoms with E-state index in [1.54, 1.807) is 28.5 Å². The van der Waals surface area contributed by atoms with Gasteiger partial charge in [-0.15, -0.1) is 11.3 Å². The van der Waals surface area contributed by atoms with Crippen LogP contribution in [0, 0.1) is 11.6 Å². The first kappa shape index (κ1) is 17.5. The van der Waals surface area contributed by atoms with E-state index in [0.717, 1.165) is 22.2 Å². The first-order chi connectivity index (χ1) is 12.5. The van der Waals surface area contributed by atoms with Crippen molar-refractivity contribution in [1.29, 1.82) is 0 Å². The predicted octanol–water partition coefficient (Wildman–Crippen LogP) is 6.34. The molecule has 2 aromatic carbocycles. The van der Waals surface area contributed by atoms with Gasteiger partial charge in [0.05, 0.1) is 28.7 Å². The van der Waals surface area contributed by atoms with Crippen molar-refractivity contribution in [3.8, 4) is 0 Å². The van der Waals surface area contributed by atoms with Gasteiger partial charge >= 0.3 is 0 Å². The van der Waals surface area contributed by atoms with Crippen LogP contribution in [0.4, 0.5) is 14.5 Å². The summed E-state index contributed by atoms with van der Waals surface area (Å²) < 4.78 is 27.5. The summed E-state index contributed by atoms with van der Waals surface area (Å²) in [6.07, 6.45) is 0. The van der Waals surface area contributed by atoms with E-state index in [1.165, 1.54) is 12.1 Å². The van der Waals surface area contributed by atoms with Crippen molar-refractivity contribution in [1.82, 2.24) is 0 Å². The Labute approximate surface area is 163 Å². The minimum atomic E-state index is -0.651. The zero-order valence-corrected chi connectivity index (χ0v) is 15.6. The maximum Gasteiger partial charge on any atom is 0.151 e. The molecule has 0 spiro atoms. The number of halogens is 4. The largest absolute Gasteiger partial charge is 0.261 e. The van der Waals surface area contributed by atoms with Crippen LogP contribution in [-0.2, 0) is 0 Å². The number of benzene rings is 2. The van der Waals surface area contributed by atoms with Crippen LogP contribution >= 0.6 is 34.5 Å². The molecule has 1 aliphatic rings. The second-order valence-electron chi connectivity index (χ2n) is 5.86. The Balaban J connectivity index is 1.78. The molecule has 26 heavy (non-hydrogen) atoms. The van der Waals surface area contributed by atoms with Gasteiger partial charge in [0.15, 0.2) is 5.82 Å². The van der Waals surface area contributed by atoms with Crippen molar-refractivity contribution in [3.63, 3.8) is 0 Å². The van der Waals surface area contributed by atoms with E-state index < -0.39 is 11.6 Å². The topological polar surface area (TPSA) is 15.6 Å². The number of hydrogen-bond donors (Lipinski definition) is 0. The maximum atomic E-state index is 14.2. The van der Waals surface area contributed by atoms with Gasteiger partial charge < -0.3 is 0 Å². The lowest BCUT2D eigenvalue weighted by Gasteiger charge is -2.18. The molecule has 0 fully saturated rings. The molecule has 0 bridgehead atoms. The molecule has 0 unspecified atom stereocenters. The highest BCUT2D eigenvalue weighted by atomic mass is 35.5. The van der Waals surface area contributed by atoms with E-state index >= 15 is 0 Å². The number of thiophene rings is 1. The Morgan fingerprint density at radius 2 is 1.92 bits per heavy atom. The summed E-state index contributed by atoms with van der Waals surface area (Å²) in [6.45, 7) is 0.400. The number of hydrogen-bond acceptors (Lipinski definition) is 3. The van der Waals surface area contributed by atoms with Gasteiger partial charge in [0.25, 0.3) is 0 Å². The molecule has 0 saturated carbocycles. The van der Waals surface area contributed by atoms with Crippen LogP contribution in [0.15, 0.2) is 59.0 Å². The summed E-state index contributed by atoms with van der Waals surface area (Å²) in [5.41, 5.74) is 1.90. The SMILES string of the molecule is Fc1ccc(N2C[C@H](c3ccc(Cl)cc3Cl)C(c3cccs3)=N2)c(F)c1. The number of anilines is 1. The van der Waals surface area contributed by atoms with Gasteiger partial charge in [-0.2, -0.15) is 5.10 Å². The zero-order valence-electron chi connectivity index (χ0n) is 13.3. The fraction of sp³-hybridized carbons (Fsp3) is 0.105. The van der Waals surface area contributed by atoms with Gasteiger partial charge in [-0.05, 0) is 41.3 Å². The van der Waals surface area contributed by atoms with E-state index in [1.807, 2.05) is 23.6 Å². The highest BCUT2D eigenvalue weighted by Crippen LogP contribution is 2.37. The fourth-order valence-electron chi connectivity index (χ4n) is 3.02. The van der Waals surface area contributed by atoms with Crippen molar-refractivity contribution in [2.24, 2.45) is 5.10 Å². The van der Waals surface area contributed by atoms with Crippen LogP contribution in [0.5, 0.6) is 0 Å². The highest BCUT2D eigenvalue weighted by Gasteiger charge is 2.32. The first-order valence-corrected chi connectivity index (χ1v) is 9.46. The minimum Gasteiger partial charge on any atom is -0.261 e. The van der Waals surface area contributed by atoms with Crippen molar-refractivity contribution >= 4 is 45.9 Å². The summed E-state index contributed by atoms with van der Waals surface area (Å²) in [6, 6.07) is 12.7. The third-order valence-corrected chi connectivity index (χ3v) is 5.67. The molecule has 3 aromatic rings. The van der Waals surface area contributed by atoms with Crippen LogP contribution in [0.2, 0.25) is 10.0 Å². The van der Waals surface area contributed by atoms with Gasteiger partial charge in [0.2, 0.25) is 0 Å². The van der Waals surface area contributed by atoms with Crippen LogP contribution < -0.4 is 5.01 Å². The Bertz CT molecular complexity index is 989. The van der Waals surface area contributed by atoms with E-state index in [2.05, 4.69) is 5.10 Å². The molecule has 1 atom stereocenters. The zero-order chi connectivity index (χ0) is 18.3. The standard InChI is InChI=1S/C19H12Cl2F2N2S/c20-11-3-5-13(15(21)8-11)14-10-25(17-6-4-12(22)9-16(17)23)24-19(14)18-2-1-7-26-18/h1-9,14H,10H2/t14-/m1/s1. The number of rotatable bonds is 3. The normalized spacial score (nSPS) is 16.8. The quantitative estimate of drug-likeness (QED) is 0.493. The predicted molar refractivity (Wildman–Crippen MR) is 104 cm³/mol. The Morgan fingerprint density at radius 1 is 1.08 bits per heavy atom. The monoisotopic (exact) mass is 408 g/mol. The molecule has 0 amide bonds. The molecule has 0 radical (unpaired) electrons. The highest BCUT2D eigenvalue weighted by molar-refractivity contribution is 7.12. The lowest BCUT2D eigenvalue weighted by Crippen LogP contribution is -2.19. The van der Waals surface area contributed by atoms with Crippen LogP contribution in [0.25, 0.3) is 0 Å². The third-order valence-electron chi connectivity index (χ3n) is 4.21. The fourth-order valence-corrected chi connectivity index (χ4v) is 4.32. The molecule has 1 aliphatic heterocycles. The summed E-state index contributed by atoms with van der Waals surface area (Å²) >= 11 is 14.0. The molecule has 0 N–H and O–H groups in total. The summed E-state index contributed by atoms with van der Waals surface area (Å²) in [4.78, 5) is 0.978.